The number of benzene rings is 2. The van der Waals surface area contributed by atoms with Crippen LogP contribution in [0.3, 0.4) is 0 Å². The first-order valence-corrected chi connectivity index (χ1v) is 11.4. The third kappa shape index (κ3) is 4.74. The number of carbonyl (C=O) groups excluding carboxylic acids is 2. The van der Waals surface area contributed by atoms with Crippen LogP contribution in [0.1, 0.15) is 48.5 Å². The first kappa shape index (κ1) is 21.4. The van der Waals surface area contributed by atoms with Crippen molar-refractivity contribution >= 4 is 40.6 Å². The van der Waals surface area contributed by atoms with Gasteiger partial charge in [0.05, 0.1) is 23.3 Å². The van der Waals surface area contributed by atoms with Crippen molar-refractivity contribution in [2.45, 2.75) is 38.6 Å². The van der Waals surface area contributed by atoms with E-state index in [9.17, 15) is 9.59 Å². The van der Waals surface area contributed by atoms with Crippen molar-refractivity contribution in [1.82, 2.24) is 4.90 Å². The van der Waals surface area contributed by atoms with E-state index < -0.39 is 0 Å². The first-order valence-electron chi connectivity index (χ1n) is 10.6. The number of carbonyl (C=O) groups is 2. The van der Waals surface area contributed by atoms with Crippen molar-refractivity contribution in [3.05, 3.63) is 70.6 Å². The Bertz CT molecular complexity index is 1010. The van der Waals surface area contributed by atoms with Crippen LogP contribution in [0.15, 0.2) is 64.5 Å². The second-order valence-electron chi connectivity index (χ2n) is 7.96. The smallest absolute Gasteiger partial charge is 0.337 e. The Labute approximate surface area is 187 Å². The highest BCUT2D eigenvalue weighted by atomic mass is 32.2. The molecule has 0 spiro atoms. The molecule has 6 heteroatoms. The lowest BCUT2D eigenvalue weighted by Gasteiger charge is -2.35. The molecule has 5 nitrogen and oxygen atoms in total. The van der Waals surface area contributed by atoms with Gasteiger partial charge in [0.2, 0.25) is 0 Å². The normalized spacial score (nSPS) is 24.1. The number of para-hydroxylation sites is 1. The number of amides is 1. The van der Waals surface area contributed by atoms with E-state index >= 15 is 0 Å². The molecule has 2 aromatic carbocycles. The molecule has 2 atom stereocenters. The minimum absolute atomic E-state index is 0.00970. The Morgan fingerprint density at radius 2 is 1.81 bits per heavy atom. The van der Waals surface area contributed by atoms with E-state index in [2.05, 4.69) is 6.92 Å². The fraction of sp³-hybridized carbons (Fsp3) is 0.320. The molecule has 0 aromatic heterocycles. The fourth-order valence-corrected chi connectivity index (χ4v) is 5.18. The zero-order valence-corrected chi connectivity index (χ0v) is 18.6. The van der Waals surface area contributed by atoms with E-state index in [4.69, 9.17) is 9.73 Å². The summed E-state index contributed by atoms with van der Waals surface area (Å²) in [5, 5.41) is 0.743. The van der Waals surface area contributed by atoms with E-state index in [1.54, 1.807) is 12.1 Å². The van der Waals surface area contributed by atoms with Gasteiger partial charge in [-0.2, -0.15) is 0 Å². The van der Waals surface area contributed by atoms with Crippen molar-refractivity contribution in [2.75, 3.05) is 7.11 Å². The number of rotatable bonds is 4. The molecule has 1 saturated heterocycles. The molecule has 2 fully saturated rings. The van der Waals surface area contributed by atoms with Crippen LogP contribution in [0.2, 0.25) is 0 Å². The quantitative estimate of drug-likeness (QED) is 0.460. The van der Waals surface area contributed by atoms with Gasteiger partial charge in [-0.05, 0) is 66.4 Å². The summed E-state index contributed by atoms with van der Waals surface area (Å²) in [5.41, 5.74) is 2.19. The highest BCUT2D eigenvalue weighted by Crippen LogP contribution is 2.40. The number of ether oxygens (including phenoxy) is 1. The second kappa shape index (κ2) is 9.52. The molecule has 4 rings (SSSR count). The van der Waals surface area contributed by atoms with E-state index in [1.165, 1.54) is 25.3 Å². The van der Waals surface area contributed by atoms with E-state index in [0.29, 0.717) is 16.4 Å². The number of aliphatic imine (C=N–C) groups is 1. The predicted octanol–water partition coefficient (Wildman–Crippen LogP) is 5.66. The van der Waals surface area contributed by atoms with Crippen molar-refractivity contribution in [2.24, 2.45) is 10.9 Å². The van der Waals surface area contributed by atoms with Crippen LogP contribution < -0.4 is 0 Å². The van der Waals surface area contributed by atoms with E-state index in [1.807, 2.05) is 53.4 Å². The van der Waals surface area contributed by atoms with Gasteiger partial charge in [-0.3, -0.25) is 9.69 Å². The fourth-order valence-electron chi connectivity index (χ4n) is 4.14. The maximum atomic E-state index is 13.5. The summed E-state index contributed by atoms with van der Waals surface area (Å²) in [7, 11) is 1.36. The molecule has 1 saturated carbocycles. The first-order chi connectivity index (χ1) is 15.1. The predicted molar refractivity (Wildman–Crippen MR) is 125 cm³/mol. The number of hydrogen-bond acceptors (Lipinski definition) is 5. The van der Waals surface area contributed by atoms with Crippen LogP contribution in [0.4, 0.5) is 5.69 Å². The maximum absolute atomic E-state index is 13.5. The second-order valence-corrected chi connectivity index (χ2v) is 8.97. The lowest BCUT2D eigenvalue weighted by Crippen LogP contribution is -2.44. The molecule has 1 aliphatic carbocycles. The maximum Gasteiger partial charge on any atom is 0.337 e. The molecule has 0 unspecified atom stereocenters. The largest absolute Gasteiger partial charge is 0.465 e. The van der Waals surface area contributed by atoms with Gasteiger partial charge in [-0.25, -0.2) is 9.79 Å². The van der Waals surface area contributed by atoms with Crippen LogP contribution in [-0.4, -0.2) is 35.1 Å². The van der Waals surface area contributed by atoms with Gasteiger partial charge in [-0.15, -0.1) is 0 Å². The molecule has 1 amide bonds. The van der Waals surface area contributed by atoms with Gasteiger partial charge >= 0.3 is 5.97 Å². The molecule has 0 radical (unpaired) electrons. The Morgan fingerprint density at radius 1 is 1.10 bits per heavy atom. The monoisotopic (exact) mass is 434 g/mol. The lowest BCUT2D eigenvalue weighted by molar-refractivity contribution is -0.124. The Hall–Kier alpha value is -2.86. The van der Waals surface area contributed by atoms with Crippen molar-refractivity contribution in [1.29, 1.82) is 0 Å². The zero-order valence-electron chi connectivity index (χ0n) is 17.8. The number of esters is 1. The van der Waals surface area contributed by atoms with E-state index in [0.717, 1.165) is 35.7 Å². The SMILES string of the molecule is COC(=O)c1ccc(/C=C2\SC(=Nc3ccccc3)N([C@@H]3CCCC[C@H]3C)C2=O)cc1. The summed E-state index contributed by atoms with van der Waals surface area (Å²) >= 11 is 1.42. The topological polar surface area (TPSA) is 59.0 Å². The minimum Gasteiger partial charge on any atom is -0.465 e. The van der Waals surface area contributed by atoms with Gasteiger partial charge in [0.1, 0.15) is 0 Å². The summed E-state index contributed by atoms with van der Waals surface area (Å²) in [6.07, 6.45) is 6.36. The molecular formula is C25H26N2O3S. The van der Waals surface area contributed by atoms with Crippen LogP contribution in [0, 0.1) is 5.92 Å². The highest BCUT2D eigenvalue weighted by molar-refractivity contribution is 8.18. The molecule has 160 valence electrons. The molecule has 1 heterocycles. The van der Waals surface area contributed by atoms with Crippen LogP contribution in [0.5, 0.6) is 0 Å². The molecule has 0 bridgehead atoms. The lowest BCUT2D eigenvalue weighted by atomic mass is 9.85. The summed E-state index contributed by atoms with van der Waals surface area (Å²) < 4.78 is 4.75. The third-order valence-electron chi connectivity index (χ3n) is 5.85. The number of hydrogen-bond donors (Lipinski definition) is 0. The van der Waals surface area contributed by atoms with Gasteiger partial charge in [-0.1, -0.05) is 50.1 Å². The molecule has 0 N–H and O–H groups in total. The van der Waals surface area contributed by atoms with Crippen molar-refractivity contribution in [3.63, 3.8) is 0 Å². The van der Waals surface area contributed by atoms with Gasteiger partial charge in [0, 0.05) is 6.04 Å². The number of methoxy groups -OCH3 is 1. The molecule has 2 aromatic rings. The van der Waals surface area contributed by atoms with Crippen molar-refractivity contribution < 1.29 is 14.3 Å². The number of amidine groups is 1. The van der Waals surface area contributed by atoms with Crippen LogP contribution >= 0.6 is 11.8 Å². The molecule has 1 aliphatic heterocycles. The van der Waals surface area contributed by atoms with Gasteiger partial charge < -0.3 is 4.74 Å². The molecule has 2 aliphatic rings. The Morgan fingerprint density at radius 3 is 2.48 bits per heavy atom. The Balaban J connectivity index is 1.67. The standard InChI is InChI=1S/C25H26N2O3S/c1-17-8-6-7-11-21(17)27-23(28)22(31-25(27)26-20-9-4-3-5-10-20)16-18-12-14-19(15-13-18)24(29)30-2/h3-5,9-10,12-17,21H,6-8,11H2,1-2H3/b22-16-,26-25?/t17-,21-/m1/s1. The summed E-state index contributed by atoms with van der Waals surface area (Å²) in [4.78, 5) is 32.5. The van der Waals surface area contributed by atoms with Crippen LogP contribution in [-0.2, 0) is 9.53 Å². The summed E-state index contributed by atoms with van der Waals surface area (Å²) in [6.45, 7) is 2.23. The third-order valence-corrected chi connectivity index (χ3v) is 6.83. The zero-order chi connectivity index (χ0) is 21.8. The molecular weight excluding hydrogens is 408 g/mol. The summed E-state index contributed by atoms with van der Waals surface area (Å²) in [6, 6.07) is 17.0. The summed E-state index contributed by atoms with van der Waals surface area (Å²) in [5.74, 6) is 0.0775. The molecule has 31 heavy (non-hydrogen) atoms. The average Bonchev–Trinajstić information content (AvgIpc) is 3.09. The minimum atomic E-state index is -0.375. The van der Waals surface area contributed by atoms with Crippen LogP contribution in [0.25, 0.3) is 6.08 Å². The average molecular weight is 435 g/mol. The van der Waals surface area contributed by atoms with Gasteiger partial charge in [0.25, 0.3) is 5.91 Å². The highest BCUT2D eigenvalue weighted by Gasteiger charge is 2.41. The van der Waals surface area contributed by atoms with Crippen molar-refractivity contribution in [3.8, 4) is 0 Å². The van der Waals surface area contributed by atoms with E-state index in [-0.39, 0.29) is 17.9 Å². The number of nitrogens with zero attached hydrogens (tertiary/aromatic N) is 2. The Kier molecular flexibility index (Phi) is 6.56. The number of thioether (sulfide) groups is 1. The van der Waals surface area contributed by atoms with Gasteiger partial charge in [0.15, 0.2) is 5.17 Å².